The first-order valence-corrected chi connectivity index (χ1v) is 16.4. The van der Waals surface area contributed by atoms with Crippen LogP contribution in [0.1, 0.15) is 68.4 Å². The van der Waals surface area contributed by atoms with Crippen LogP contribution in [0.4, 0.5) is 11.4 Å². The van der Waals surface area contributed by atoms with Crippen LogP contribution in [0.5, 0.6) is 5.75 Å². The van der Waals surface area contributed by atoms with Crippen molar-refractivity contribution < 1.29 is 9.47 Å². The molecule has 2 fully saturated rings. The topological polar surface area (TPSA) is 24.9 Å². The third-order valence-electron chi connectivity index (χ3n) is 11.2. The first-order chi connectivity index (χ1) is 21.6. The minimum atomic E-state index is -0.0316. The first-order valence-electron chi connectivity index (χ1n) is 16.4. The van der Waals surface area contributed by atoms with Gasteiger partial charge in [0.05, 0.1) is 6.10 Å². The maximum atomic E-state index is 6.63. The highest BCUT2D eigenvalue weighted by Gasteiger charge is 2.59. The third-order valence-corrected chi connectivity index (χ3v) is 11.2. The molecule has 2 aliphatic heterocycles. The molecule has 8 rings (SSSR count). The summed E-state index contributed by atoms with van der Waals surface area (Å²) in [5.74, 6) is 1.37. The predicted molar refractivity (Wildman–Crippen MR) is 186 cm³/mol. The van der Waals surface area contributed by atoms with Crippen LogP contribution in [0, 0.1) is 11.3 Å². The average Bonchev–Trinajstić information content (AvgIpc) is 3.41. The Kier molecular flexibility index (Phi) is 6.32. The molecular weight excluding hydrogens is 552 g/mol. The number of hydrogen-bond acceptors (Lipinski definition) is 4. The zero-order chi connectivity index (χ0) is 31.1. The minimum Gasteiger partial charge on any atom is -0.473 e. The van der Waals surface area contributed by atoms with Gasteiger partial charge in [-0.3, -0.25) is 0 Å². The smallest absolute Gasteiger partial charge is 0.161 e. The molecule has 4 nitrogen and oxygen atoms in total. The second kappa shape index (κ2) is 9.99. The number of allylic oxidation sites excluding steroid dienone is 2. The lowest BCUT2D eigenvalue weighted by atomic mass is 9.71. The standard InChI is InChI=1S/C41H44N2O2/c1-7-27-9-13-31(14-10-27)42-21-29-17-33-35(19-37(29)44-25-42)41(23-39(33,3)4)24-40(5,6)34-18-30-22-43(26-45-38(30)20-36(34)41)32-15-11-28(8-2)12-16-32/h7-20,29,37H,1-2,21-26H2,3-6H3. The molecular formula is C41H44N2O2. The Hall–Kier alpha value is -4.02. The summed E-state index contributed by atoms with van der Waals surface area (Å²) in [6, 6.07) is 22.1. The van der Waals surface area contributed by atoms with Gasteiger partial charge in [-0.15, -0.1) is 0 Å². The predicted octanol–water partition coefficient (Wildman–Crippen LogP) is 9.02. The second-order valence-electron chi connectivity index (χ2n) is 15.1. The van der Waals surface area contributed by atoms with Gasteiger partial charge in [-0.05, 0) is 93.5 Å². The van der Waals surface area contributed by atoms with Gasteiger partial charge < -0.3 is 19.3 Å². The fourth-order valence-electron chi connectivity index (χ4n) is 9.11. The molecule has 3 aliphatic carbocycles. The van der Waals surface area contributed by atoms with Gasteiger partial charge in [0, 0.05) is 41.4 Å². The van der Waals surface area contributed by atoms with Crippen molar-refractivity contribution in [2.45, 2.75) is 64.0 Å². The number of ether oxygens (including phenoxy) is 2. The van der Waals surface area contributed by atoms with Crippen molar-refractivity contribution in [1.29, 1.82) is 0 Å². The Bertz CT molecular complexity index is 1760. The van der Waals surface area contributed by atoms with Crippen LogP contribution in [0.2, 0.25) is 0 Å². The van der Waals surface area contributed by atoms with Gasteiger partial charge in [-0.2, -0.15) is 0 Å². The van der Waals surface area contributed by atoms with Gasteiger partial charge in [0.1, 0.15) is 12.5 Å². The molecule has 1 saturated carbocycles. The Morgan fingerprint density at radius 1 is 0.733 bits per heavy atom. The van der Waals surface area contributed by atoms with Crippen LogP contribution in [-0.2, 0) is 22.1 Å². The number of nitrogens with zero attached hydrogens (tertiary/aromatic N) is 2. The first kappa shape index (κ1) is 28.5. The van der Waals surface area contributed by atoms with Crippen molar-refractivity contribution in [2.24, 2.45) is 11.3 Å². The van der Waals surface area contributed by atoms with E-state index in [4.69, 9.17) is 9.47 Å². The molecule has 0 N–H and O–H groups in total. The second-order valence-corrected chi connectivity index (χ2v) is 15.1. The van der Waals surface area contributed by atoms with Crippen molar-refractivity contribution in [2.75, 3.05) is 29.8 Å². The number of hydrogen-bond donors (Lipinski definition) is 0. The van der Waals surface area contributed by atoms with E-state index in [1.54, 1.807) is 0 Å². The van der Waals surface area contributed by atoms with Crippen LogP contribution in [0.15, 0.2) is 97.1 Å². The van der Waals surface area contributed by atoms with Gasteiger partial charge in [0.2, 0.25) is 0 Å². The maximum absolute atomic E-state index is 6.63. The summed E-state index contributed by atoms with van der Waals surface area (Å²) < 4.78 is 13.2. The molecule has 230 valence electrons. The summed E-state index contributed by atoms with van der Waals surface area (Å²) >= 11 is 0. The molecule has 0 aromatic heterocycles. The average molecular weight is 597 g/mol. The zero-order valence-corrected chi connectivity index (χ0v) is 27.1. The highest BCUT2D eigenvalue weighted by atomic mass is 16.5. The van der Waals surface area contributed by atoms with Crippen molar-refractivity contribution in [3.05, 3.63) is 125 Å². The Morgan fingerprint density at radius 3 is 2.04 bits per heavy atom. The van der Waals surface area contributed by atoms with Crippen LogP contribution >= 0.6 is 0 Å². The SMILES string of the molecule is C=Cc1ccc(N2COc3cc4c(cc3C2)C(C)(C)CC42CC(C)(C)C3=CC4CN(c5ccc(C=C)cc5)COC4C=C32)cc1. The number of anilines is 2. The van der Waals surface area contributed by atoms with Gasteiger partial charge >= 0.3 is 0 Å². The summed E-state index contributed by atoms with van der Waals surface area (Å²) in [6.45, 7) is 20.6. The molecule has 45 heavy (non-hydrogen) atoms. The molecule has 0 amide bonds. The van der Waals surface area contributed by atoms with Crippen LogP contribution in [0.3, 0.4) is 0 Å². The molecule has 1 saturated heterocycles. The molecule has 3 aromatic carbocycles. The summed E-state index contributed by atoms with van der Waals surface area (Å²) in [4.78, 5) is 4.69. The molecule has 1 spiro atoms. The third kappa shape index (κ3) is 4.44. The lowest BCUT2D eigenvalue weighted by Crippen LogP contribution is -2.45. The van der Waals surface area contributed by atoms with E-state index in [0.29, 0.717) is 19.4 Å². The van der Waals surface area contributed by atoms with E-state index >= 15 is 0 Å². The van der Waals surface area contributed by atoms with Gasteiger partial charge in [0.25, 0.3) is 0 Å². The number of rotatable bonds is 4. The van der Waals surface area contributed by atoms with E-state index in [1.807, 2.05) is 12.2 Å². The van der Waals surface area contributed by atoms with Gasteiger partial charge in [0.15, 0.2) is 6.73 Å². The lowest BCUT2D eigenvalue weighted by molar-refractivity contribution is 0.0285. The maximum Gasteiger partial charge on any atom is 0.161 e. The quantitative estimate of drug-likeness (QED) is 0.300. The van der Waals surface area contributed by atoms with Gasteiger partial charge in [-0.25, -0.2) is 0 Å². The molecule has 4 heteroatoms. The molecule has 0 bridgehead atoms. The van der Waals surface area contributed by atoms with E-state index in [1.165, 1.54) is 39.2 Å². The van der Waals surface area contributed by atoms with Crippen molar-refractivity contribution in [1.82, 2.24) is 0 Å². The Balaban J connectivity index is 1.12. The minimum absolute atomic E-state index is 0.0316. The van der Waals surface area contributed by atoms with Crippen LogP contribution < -0.4 is 14.5 Å². The van der Waals surface area contributed by atoms with Crippen molar-refractivity contribution >= 4 is 23.5 Å². The lowest BCUT2D eigenvalue weighted by Gasteiger charge is -2.41. The van der Waals surface area contributed by atoms with Crippen molar-refractivity contribution in [3.63, 3.8) is 0 Å². The molecule has 3 atom stereocenters. The molecule has 2 heterocycles. The number of fused-ring (bicyclic) bond motifs is 6. The van der Waals surface area contributed by atoms with Gasteiger partial charge in [-0.1, -0.05) is 89.4 Å². The van der Waals surface area contributed by atoms with Crippen LogP contribution in [-0.4, -0.2) is 26.1 Å². The molecule has 5 aliphatic rings. The van der Waals surface area contributed by atoms with Crippen LogP contribution in [0.25, 0.3) is 12.2 Å². The largest absolute Gasteiger partial charge is 0.473 e. The van der Waals surface area contributed by atoms with E-state index in [-0.39, 0.29) is 22.3 Å². The summed E-state index contributed by atoms with van der Waals surface area (Å²) in [6.07, 6.45) is 11.2. The Morgan fingerprint density at radius 2 is 1.38 bits per heavy atom. The molecule has 3 aromatic rings. The highest BCUT2D eigenvalue weighted by Crippen LogP contribution is 2.67. The summed E-state index contributed by atoms with van der Waals surface area (Å²) in [7, 11) is 0. The summed E-state index contributed by atoms with van der Waals surface area (Å²) in [5.41, 5.74) is 12.0. The zero-order valence-electron chi connectivity index (χ0n) is 27.1. The highest BCUT2D eigenvalue weighted by molar-refractivity contribution is 5.66. The fraction of sp³-hybridized carbons (Fsp3) is 0.366. The fourth-order valence-corrected chi connectivity index (χ4v) is 9.11. The van der Waals surface area contributed by atoms with E-state index < -0.39 is 0 Å². The Labute approximate surface area is 268 Å². The monoisotopic (exact) mass is 596 g/mol. The molecule has 0 radical (unpaired) electrons. The van der Waals surface area contributed by atoms with Crippen molar-refractivity contribution in [3.8, 4) is 5.75 Å². The van der Waals surface area contributed by atoms with E-state index in [0.717, 1.165) is 42.8 Å². The number of benzene rings is 3. The summed E-state index contributed by atoms with van der Waals surface area (Å²) in [5, 5.41) is 0. The van der Waals surface area contributed by atoms with E-state index in [9.17, 15) is 0 Å². The normalized spacial score (nSPS) is 27.0. The van der Waals surface area contributed by atoms with E-state index in [2.05, 4.69) is 123 Å². The molecule has 3 unspecified atom stereocenters.